The molecular formula is C17H18F2N2O2S. The number of rotatable bonds is 7. The first kappa shape index (κ1) is 18.1. The van der Waals surface area contributed by atoms with Crippen LogP contribution in [0.2, 0.25) is 0 Å². The van der Waals surface area contributed by atoms with Crippen LogP contribution in [0.25, 0.3) is 0 Å². The molecule has 1 aromatic heterocycles. The number of nitrogens with one attached hydrogen (secondary N) is 2. The molecule has 0 saturated carbocycles. The number of hydrogen-bond donors (Lipinski definition) is 2. The van der Waals surface area contributed by atoms with Crippen LogP contribution >= 0.6 is 11.3 Å². The monoisotopic (exact) mass is 352 g/mol. The van der Waals surface area contributed by atoms with Crippen LogP contribution in [0.4, 0.5) is 8.78 Å². The zero-order valence-corrected chi connectivity index (χ0v) is 14.0. The molecule has 2 amide bonds. The lowest BCUT2D eigenvalue weighted by molar-refractivity contribution is -0.121. The van der Waals surface area contributed by atoms with E-state index in [1.54, 1.807) is 23.8 Å². The Morgan fingerprint density at radius 1 is 1.21 bits per heavy atom. The predicted molar refractivity (Wildman–Crippen MR) is 88.9 cm³/mol. The summed E-state index contributed by atoms with van der Waals surface area (Å²) in [5.74, 6) is -1.77. The highest BCUT2D eigenvalue weighted by molar-refractivity contribution is 7.08. The van der Waals surface area contributed by atoms with E-state index in [2.05, 4.69) is 10.6 Å². The summed E-state index contributed by atoms with van der Waals surface area (Å²) < 4.78 is 27.1. The molecule has 1 heterocycles. The molecule has 4 nitrogen and oxygen atoms in total. The molecule has 2 N–H and O–H groups in total. The Labute approximate surface area is 142 Å². The topological polar surface area (TPSA) is 58.2 Å². The van der Waals surface area contributed by atoms with Crippen molar-refractivity contribution in [2.75, 3.05) is 6.54 Å². The quantitative estimate of drug-likeness (QED) is 0.805. The number of halogens is 2. The highest BCUT2D eigenvalue weighted by Gasteiger charge is 2.14. The molecule has 0 aliphatic heterocycles. The zero-order valence-electron chi connectivity index (χ0n) is 13.1. The van der Waals surface area contributed by atoms with Gasteiger partial charge in [-0.15, -0.1) is 0 Å². The molecule has 0 aliphatic rings. The maximum atomic E-state index is 13.6. The van der Waals surface area contributed by atoms with Gasteiger partial charge in [0, 0.05) is 35.5 Å². The minimum atomic E-state index is -0.626. The van der Waals surface area contributed by atoms with Crippen LogP contribution in [0.15, 0.2) is 35.0 Å². The Morgan fingerprint density at radius 2 is 1.92 bits per heavy atom. The first-order valence-corrected chi connectivity index (χ1v) is 8.44. The lowest BCUT2D eigenvalue weighted by atomic mass is 10.1. The van der Waals surface area contributed by atoms with Crippen LogP contribution in [0.5, 0.6) is 0 Å². The normalized spacial score (nSPS) is 11.8. The molecule has 2 aromatic rings. The lowest BCUT2D eigenvalue weighted by Gasteiger charge is -2.15. The van der Waals surface area contributed by atoms with E-state index in [1.165, 1.54) is 29.5 Å². The first-order chi connectivity index (χ1) is 11.5. The summed E-state index contributed by atoms with van der Waals surface area (Å²) >= 11 is 1.42. The molecule has 1 atom stereocenters. The number of benzene rings is 1. The lowest BCUT2D eigenvalue weighted by Crippen LogP contribution is -2.36. The third-order valence-corrected chi connectivity index (χ3v) is 4.08. The molecule has 1 unspecified atom stereocenters. The maximum Gasteiger partial charge on any atom is 0.252 e. The van der Waals surface area contributed by atoms with Crippen molar-refractivity contribution in [2.24, 2.45) is 0 Å². The van der Waals surface area contributed by atoms with E-state index >= 15 is 0 Å². The van der Waals surface area contributed by atoms with Crippen molar-refractivity contribution in [1.82, 2.24) is 10.6 Å². The smallest absolute Gasteiger partial charge is 0.252 e. The molecule has 0 saturated heterocycles. The fraction of sp³-hybridized carbons (Fsp3) is 0.294. The van der Waals surface area contributed by atoms with E-state index < -0.39 is 17.7 Å². The van der Waals surface area contributed by atoms with Crippen molar-refractivity contribution in [3.8, 4) is 0 Å². The largest absolute Gasteiger partial charge is 0.353 e. The van der Waals surface area contributed by atoms with E-state index in [-0.39, 0.29) is 36.8 Å². The minimum Gasteiger partial charge on any atom is -0.353 e. The van der Waals surface area contributed by atoms with E-state index in [9.17, 15) is 18.4 Å². The van der Waals surface area contributed by atoms with Crippen LogP contribution < -0.4 is 10.6 Å². The molecule has 0 radical (unpaired) electrons. The van der Waals surface area contributed by atoms with Gasteiger partial charge in [0.1, 0.15) is 11.6 Å². The van der Waals surface area contributed by atoms with E-state index in [0.717, 1.165) is 0 Å². The second-order valence-corrected chi connectivity index (χ2v) is 6.17. The summed E-state index contributed by atoms with van der Waals surface area (Å²) in [7, 11) is 0. The van der Waals surface area contributed by atoms with Crippen molar-refractivity contribution in [2.45, 2.75) is 25.8 Å². The van der Waals surface area contributed by atoms with Crippen molar-refractivity contribution < 1.29 is 18.4 Å². The van der Waals surface area contributed by atoms with Gasteiger partial charge in [0.25, 0.3) is 5.91 Å². The summed E-state index contributed by atoms with van der Waals surface area (Å²) in [6.45, 7) is 1.87. The fourth-order valence-electron chi connectivity index (χ4n) is 2.22. The summed E-state index contributed by atoms with van der Waals surface area (Å²) in [4.78, 5) is 23.5. The van der Waals surface area contributed by atoms with E-state index in [0.29, 0.717) is 5.56 Å². The van der Waals surface area contributed by atoms with Gasteiger partial charge in [0.2, 0.25) is 5.91 Å². The Bertz CT molecular complexity index is 684. The number of carbonyl (C=O) groups is 2. The number of carbonyl (C=O) groups excluding carboxylic acids is 2. The van der Waals surface area contributed by atoms with Crippen molar-refractivity contribution in [1.29, 1.82) is 0 Å². The van der Waals surface area contributed by atoms with Crippen molar-refractivity contribution in [3.05, 3.63) is 57.8 Å². The highest BCUT2D eigenvalue weighted by Crippen LogP contribution is 2.14. The van der Waals surface area contributed by atoms with Gasteiger partial charge in [-0.25, -0.2) is 8.78 Å². The van der Waals surface area contributed by atoms with Crippen molar-refractivity contribution >= 4 is 23.2 Å². The standard InChI is InChI=1S/C17H18F2N2O2S/c1-11(9-13-14(18)3-2-4-15(13)19)21-16(22)5-7-20-17(23)12-6-8-24-10-12/h2-4,6,8,10-11H,5,7,9H2,1H3,(H,20,23)(H,21,22). The van der Waals surface area contributed by atoms with Gasteiger partial charge in [0.15, 0.2) is 0 Å². The van der Waals surface area contributed by atoms with Gasteiger partial charge in [-0.3, -0.25) is 9.59 Å². The van der Waals surface area contributed by atoms with Crippen LogP contribution in [-0.2, 0) is 11.2 Å². The van der Waals surface area contributed by atoms with Crippen LogP contribution in [-0.4, -0.2) is 24.4 Å². The van der Waals surface area contributed by atoms with Gasteiger partial charge in [0.05, 0.1) is 0 Å². The fourth-order valence-corrected chi connectivity index (χ4v) is 2.85. The zero-order chi connectivity index (χ0) is 17.5. The van der Waals surface area contributed by atoms with Gasteiger partial charge in [-0.2, -0.15) is 11.3 Å². The second-order valence-electron chi connectivity index (χ2n) is 5.39. The Morgan fingerprint density at radius 3 is 2.54 bits per heavy atom. The molecule has 128 valence electrons. The number of hydrogen-bond acceptors (Lipinski definition) is 3. The Kier molecular flexibility index (Phi) is 6.43. The summed E-state index contributed by atoms with van der Waals surface area (Å²) in [6.07, 6.45) is 0.158. The third-order valence-electron chi connectivity index (χ3n) is 3.40. The van der Waals surface area contributed by atoms with Crippen LogP contribution in [0.3, 0.4) is 0 Å². The number of thiophene rings is 1. The van der Waals surface area contributed by atoms with Crippen molar-refractivity contribution in [3.63, 3.8) is 0 Å². The van der Waals surface area contributed by atoms with Gasteiger partial charge < -0.3 is 10.6 Å². The molecular weight excluding hydrogens is 334 g/mol. The summed E-state index contributed by atoms with van der Waals surface area (Å²) in [5.41, 5.74) is 0.514. The average molecular weight is 352 g/mol. The third kappa shape index (κ3) is 5.13. The molecule has 0 bridgehead atoms. The number of amides is 2. The molecule has 0 spiro atoms. The van der Waals surface area contributed by atoms with E-state index in [1.807, 2.05) is 0 Å². The Balaban J connectivity index is 1.75. The summed E-state index contributed by atoms with van der Waals surface area (Å²) in [5, 5.41) is 8.83. The first-order valence-electron chi connectivity index (χ1n) is 7.50. The summed E-state index contributed by atoms with van der Waals surface area (Å²) in [6, 6.07) is 4.95. The Hall–Kier alpha value is -2.28. The molecule has 0 fully saturated rings. The molecule has 2 rings (SSSR count). The molecule has 0 aliphatic carbocycles. The average Bonchev–Trinajstić information content (AvgIpc) is 3.05. The SMILES string of the molecule is CC(Cc1c(F)cccc1F)NC(=O)CCNC(=O)c1ccsc1. The van der Waals surface area contributed by atoms with Crippen LogP contribution in [0, 0.1) is 11.6 Å². The van der Waals surface area contributed by atoms with Gasteiger partial charge >= 0.3 is 0 Å². The predicted octanol–water partition coefficient (Wildman–Crippen LogP) is 2.89. The second kappa shape index (κ2) is 8.54. The highest BCUT2D eigenvalue weighted by atomic mass is 32.1. The molecule has 1 aromatic carbocycles. The van der Waals surface area contributed by atoms with E-state index in [4.69, 9.17) is 0 Å². The van der Waals surface area contributed by atoms with Gasteiger partial charge in [-0.05, 0) is 36.9 Å². The molecule has 24 heavy (non-hydrogen) atoms. The van der Waals surface area contributed by atoms with Gasteiger partial charge in [-0.1, -0.05) is 6.07 Å². The van der Waals surface area contributed by atoms with Crippen LogP contribution in [0.1, 0.15) is 29.3 Å². The maximum absolute atomic E-state index is 13.6. The minimum absolute atomic E-state index is 0.0453. The molecule has 7 heteroatoms.